The fourth-order valence-electron chi connectivity index (χ4n) is 3.02. The molecule has 0 aliphatic carbocycles. The first kappa shape index (κ1) is 12.8. The average Bonchev–Trinajstić information content (AvgIpc) is 2.89. The molecule has 3 heterocycles. The van der Waals surface area contributed by atoms with Gasteiger partial charge in [-0.15, -0.1) is 12.4 Å². The van der Waals surface area contributed by atoms with Gasteiger partial charge in [0.15, 0.2) is 0 Å². The second-order valence-electron chi connectivity index (χ2n) is 5.06. The van der Waals surface area contributed by atoms with Gasteiger partial charge < -0.3 is 5.32 Å². The van der Waals surface area contributed by atoms with Crippen LogP contribution in [0.4, 0.5) is 0 Å². The molecule has 0 saturated carbocycles. The Hall–Kier alpha value is -0.640. The van der Waals surface area contributed by atoms with E-state index >= 15 is 0 Å². The first-order valence-corrected chi connectivity index (χ1v) is 6.20. The van der Waals surface area contributed by atoms with Gasteiger partial charge in [0.25, 0.3) is 0 Å². The molecule has 0 amide bonds. The highest BCUT2D eigenvalue weighted by atomic mass is 35.5. The SMILES string of the molecule is CC(c1ccccn1)N1C[C@H]2CNC[C@H]2C1.Cl. The van der Waals surface area contributed by atoms with Gasteiger partial charge in [0.1, 0.15) is 0 Å². The molecule has 3 nitrogen and oxygen atoms in total. The van der Waals surface area contributed by atoms with Gasteiger partial charge in [0.2, 0.25) is 0 Å². The van der Waals surface area contributed by atoms with Gasteiger partial charge in [-0.2, -0.15) is 0 Å². The zero-order chi connectivity index (χ0) is 11.0. The summed E-state index contributed by atoms with van der Waals surface area (Å²) in [5.41, 5.74) is 1.20. The van der Waals surface area contributed by atoms with Gasteiger partial charge in [0, 0.05) is 25.3 Å². The van der Waals surface area contributed by atoms with Crippen molar-refractivity contribution in [2.45, 2.75) is 13.0 Å². The van der Waals surface area contributed by atoms with Gasteiger partial charge in [-0.1, -0.05) is 6.07 Å². The Bertz CT molecular complexity index is 345. The van der Waals surface area contributed by atoms with Crippen molar-refractivity contribution in [1.82, 2.24) is 15.2 Å². The van der Waals surface area contributed by atoms with Gasteiger partial charge in [-0.3, -0.25) is 9.88 Å². The Balaban J connectivity index is 0.00000108. The van der Waals surface area contributed by atoms with Crippen molar-refractivity contribution in [3.05, 3.63) is 30.1 Å². The molecule has 17 heavy (non-hydrogen) atoms. The Labute approximate surface area is 109 Å². The zero-order valence-corrected chi connectivity index (χ0v) is 11.0. The Morgan fingerprint density at radius 2 is 2.00 bits per heavy atom. The second kappa shape index (κ2) is 5.34. The van der Waals surface area contributed by atoms with E-state index < -0.39 is 0 Å². The van der Waals surface area contributed by atoms with E-state index in [4.69, 9.17) is 0 Å². The molecule has 1 aromatic heterocycles. The predicted octanol–water partition coefficient (Wildman–Crippen LogP) is 1.72. The number of pyridine rings is 1. The van der Waals surface area contributed by atoms with Crippen LogP contribution in [0, 0.1) is 11.8 Å². The van der Waals surface area contributed by atoms with Crippen LogP contribution in [-0.2, 0) is 0 Å². The molecule has 0 bridgehead atoms. The number of likely N-dealkylation sites (tertiary alicyclic amines) is 1. The molecule has 0 spiro atoms. The highest BCUT2D eigenvalue weighted by molar-refractivity contribution is 5.85. The quantitative estimate of drug-likeness (QED) is 0.870. The molecule has 0 radical (unpaired) electrons. The van der Waals surface area contributed by atoms with Gasteiger partial charge in [-0.05, 0) is 44.0 Å². The lowest BCUT2D eigenvalue weighted by Crippen LogP contribution is -2.28. The minimum atomic E-state index is 0. The summed E-state index contributed by atoms with van der Waals surface area (Å²) < 4.78 is 0. The van der Waals surface area contributed by atoms with Crippen LogP contribution in [0.5, 0.6) is 0 Å². The maximum atomic E-state index is 4.46. The summed E-state index contributed by atoms with van der Waals surface area (Å²) in [4.78, 5) is 7.04. The standard InChI is InChI=1S/C13H19N3.ClH/c1-10(13-4-2-3-5-15-13)16-8-11-6-14-7-12(11)9-16;/h2-5,10-12,14H,6-9H2,1H3;1H/t10?,11-,12+;. The van der Waals surface area contributed by atoms with Crippen LogP contribution < -0.4 is 5.32 Å². The minimum absolute atomic E-state index is 0. The van der Waals surface area contributed by atoms with Crippen molar-refractivity contribution in [2.75, 3.05) is 26.2 Å². The number of fused-ring (bicyclic) bond motifs is 1. The molecular formula is C13H20ClN3. The summed E-state index contributed by atoms with van der Waals surface area (Å²) >= 11 is 0. The smallest absolute Gasteiger partial charge is 0.0572 e. The normalized spacial score (nSPS) is 29.7. The van der Waals surface area contributed by atoms with Crippen molar-refractivity contribution in [3.63, 3.8) is 0 Å². The van der Waals surface area contributed by atoms with E-state index in [1.807, 2.05) is 12.3 Å². The number of hydrogen-bond acceptors (Lipinski definition) is 3. The number of hydrogen-bond donors (Lipinski definition) is 1. The van der Waals surface area contributed by atoms with Crippen LogP contribution in [0.1, 0.15) is 18.7 Å². The lowest BCUT2D eigenvalue weighted by atomic mass is 10.0. The highest BCUT2D eigenvalue weighted by Gasteiger charge is 2.38. The molecule has 2 saturated heterocycles. The van der Waals surface area contributed by atoms with E-state index in [0.29, 0.717) is 6.04 Å². The van der Waals surface area contributed by atoms with Gasteiger partial charge >= 0.3 is 0 Å². The largest absolute Gasteiger partial charge is 0.316 e. The Morgan fingerprint density at radius 3 is 2.59 bits per heavy atom. The Morgan fingerprint density at radius 1 is 1.29 bits per heavy atom. The molecule has 0 aromatic carbocycles. The van der Waals surface area contributed by atoms with Crippen LogP contribution in [0.2, 0.25) is 0 Å². The molecule has 1 unspecified atom stereocenters. The summed E-state index contributed by atoms with van der Waals surface area (Å²) in [7, 11) is 0. The Kier molecular flexibility index (Phi) is 4.02. The van der Waals surface area contributed by atoms with Crippen molar-refractivity contribution >= 4 is 12.4 Å². The van der Waals surface area contributed by atoms with Crippen LogP contribution in [0.25, 0.3) is 0 Å². The first-order chi connectivity index (χ1) is 7.84. The second-order valence-corrected chi connectivity index (χ2v) is 5.06. The summed E-state index contributed by atoms with van der Waals surface area (Å²) in [6.45, 7) is 7.15. The topological polar surface area (TPSA) is 28.2 Å². The molecule has 2 aliphatic heterocycles. The van der Waals surface area contributed by atoms with Crippen molar-refractivity contribution in [1.29, 1.82) is 0 Å². The number of nitrogens with zero attached hydrogens (tertiary/aromatic N) is 2. The van der Waals surface area contributed by atoms with E-state index in [0.717, 1.165) is 11.8 Å². The third-order valence-electron chi connectivity index (χ3n) is 4.08. The van der Waals surface area contributed by atoms with E-state index in [1.54, 1.807) is 0 Å². The number of nitrogens with one attached hydrogen (secondary N) is 1. The summed E-state index contributed by atoms with van der Waals surface area (Å²) in [5, 5.41) is 3.48. The molecule has 3 rings (SSSR count). The van der Waals surface area contributed by atoms with Crippen molar-refractivity contribution in [3.8, 4) is 0 Å². The lowest BCUT2D eigenvalue weighted by molar-refractivity contribution is 0.240. The summed E-state index contributed by atoms with van der Waals surface area (Å²) in [6, 6.07) is 6.67. The fraction of sp³-hybridized carbons (Fsp3) is 0.615. The molecular weight excluding hydrogens is 234 g/mol. The minimum Gasteiger partial charge on any atom is -0.316 e. The zero-order valence-electron chi connectivity index (χ0n) is 10.2. The molecule has 1 aromatic rings. The number of halogens is 1. The summed E-state index contributed by atoms with van der Waals surface area (Å²) in [5.74, 6) is 1.73. The van der Waals surface area contributed by atoms with Crippen LogP contribution >= 0.6 is 12.4 Å². The van der Waals surface area contributed by atoms with E-state index in [9.17, 15) is 0 Å². The molecule has 4 heteroatoms. The predicted molar refractivity (Wildman–Crippen MR) is 71.3 cm³/mol. The first-order valence-electron chi connectivity index (χ1n) is 6.20. The highest BCUT2D eigenvalue weighted by Crippen LogP contribution is 2.31. The van der Waals surface area contributed by atoms with E-state index in [-0.39, 0.29) is 12.4 Å². The monoisotopic (exact) mass is 253 g/mol. The maximum absolute atomic E-state index is 4.46. The van der Waals surface area contributed by atoms with Crippen LogP contribution in [0.15, 0.2) is 24.4 Å². The average molecular weight is 254 g/mol. The third-order valence-corrected chi connectivity index (χ3v) is 4.08. The molecule has 2 aliphatic rings. The van der Waals surface area contributed by atoms with Crippen molar-refractivity contribution in [2.24, 2.45) is 11.8 Å². The van der Waals surface area contributed by atoms with Crippen LogP contribution in [0.3, 0.4) is 0 Å². The molecule has 1 N–H and O–H groups in total. The van der Waals surface area contributed by atoms with Gasteiger partial charge in [-0.25, -0.2) is 0 Å². The lowest BCUT2D eigenvalue weighted by Gasteiger charge is -2.24. The van der Waals surface area contributed by atoms with E-state index in [2.05, 4.69) is 34.3 Å². The molecule has 2 fully saturated rings. The molecule has 3 atom stereocenters. The third kappa shape index (κ3) is 2.46. The van der Waals surface area contributed by atoms with Gasteiger partial charge in [0.05, 0.1) is 5.69 Å². The van der Waals surface area contributed by atoms with E-state index in [1.165, 1.54) is 31.9 Å². The fourth-order valence-corrected chi connectivity index (χ4v) is 3.02. The number of aromatic nitrogens is 1. The summed E-state index contributed by atoms with van der Waals surface area (Å²) in [6.07, 6.45) is 1.89. The molecule has 94 valence electrons. The number of rotatable bonds is 2. The van der Waals surface area contributed by atoms with Crippen LogP contribution in [-0.4, -0.2) is 36.1 Å². The van der Waals surface area contributed by atoms with Crippen molar-refractivity contribution < 1.29 is 0 Å². The maximum Gasteiger partial charge on any atom is 0.0572 e.